The first-order valence-electron chi connectivity index (χ1n) is 6.25. The second-order valence-corrected chi connectivity index (χ2v) is 4.25. The molecule has 0 atom stereocenters. The van der Waals surface area contributed by atoms with Gasteiger partial charge in [0.25, 0.3) is 5.69 Å². The molecule has 0 fully saturated rings. The van der Waals surface area contributed by atoms with Crippen molar-refractivity contribution in [3.05, 3.63) is 27.8 Å². The molecule has 0 unspecified atom stereocenters. The molecular formula is C13H18ClNO5. The second kappa shape index (κ2) is 8.60. The van der Waals surface area contributed by atoms with Crippen LogP contribution in [-0.4, -0.2) is 31.9 Å². The van der Waals surface area contributed by atoms with Gasteiger partial charge in [-0.1, -0.05) is 6.92 Å². The van der Waals surface area contributed by atoms with Gasteiger partial charge < -0.3 is 14.2 Å². The number of nitrogens with zero attached hydrogens (tertiary/aromatic N) is 1. The number of rotatable bonds is 9. The summed E-state index contributed by atoms with van der Waals surface area (Å²) in [5.74, 6) is 0.766. The molecule has 7 heteroatoms. The van der Waals surface area contributed by atoms with Crippen LogP contribution in [0.25, 0.3) is 0 Å². The van der Waals surface area contributed by atoms with E-state index in [2.05, 4.69) is 0 Å². The highest BCUT2D eigenvalue weighted by Crippen LogP contribution is 2.35. The van der Waals surface area contributed by atoms with Gasteiger partial charge in [0, 0.05) is 12.2 Å². The number of methoxy groups -OCH3 is 1. The maximum absolute atomic E-state index is 11.0. The molecule has 0 saturated heterocycles. The third-order valence-corrected chi connectivity index (χ3v) is 2.83. The van der Waals surface area contributed by atoms with Crippen molar-refractivity contribution in [2.75, 3.05) is 26.9 Å². The van der Waals surface area contributed by atoms with E-state index in [1.165, 1.54) is 19.2 Å². The summed E-state index contributed by atoms with van der Waals surface area (Å²) in [5, 5.41) is 11.0. The third-order valence-electron chi connectivity index (χ3n) is 2.54. The fraction of sp³-hybridized carbons (Fsp3) is 0.538. The Morgan fingerprint density at radius 1 is 1.25 bits per heavy atom. The van der Waals surface area contributed by atoms with E-state index in [9.17, 15) is 10.1 Å². The molecule has 1 rings (SSSR count). The third kappa shape index (κ3) is 4.54. The summed E-state index contributed by atoms with van der Waals surface area (Å²) in [4.78, 5) is 10.5. The average molecular weight is 304 g/mol. The normalized spacial score (nSPS) is 10.3. The quantitative estimate of drug-likeness (QED) is 0.303. The standard InChI is InChI=1S/C13H18ClNO5/c1-3-4-19-5-6-20-13-8-11(15(16)17)10(9-14)7-12(13)18-2/h7-8H,3-6,9H2,1-2H3. The lowest BCUT2D eigenvalue weighted by Gasteiger charge is -2.12. The van der Waals surface area contributed by atoms with Gasteiger partial charge in [0.15, 0.2) is 11.5 Å². The summed E-state index contributed by atoms with van der Waals surface area (Å²) in [5.41, 5.74) is 0.313. The summed E-state index contributed by atoms with van der Waals surface area (Å²) in [7, 11) is 1.47. The zero-order valence-electron chi connectivity index (χ0n) is 11.6. The van der Waals surface area contributed by atoms with E-state index in [0.29, 0.717) is 36.9 Å². The largest absolute Gasteiger partial charge is 0.493 e. The Kier molecular flexibility index (Phi) is 7.11. The number of hydrogen-bond donors (Lipinski definition) is 0. The molecule has 112 valence electrons. The first kappa shape index (κ1) is 16.5. The Morgan fingerprint density at radius 2 is 2.00 bits per heavy atom. The van der Waals surface area contributed by atoms with Crippen LogP contribution >= 0.6 is 11.6 Å². The van der Waals surface area contributed by atoms with Crippen LogP contribution in [0.1, 0.15) is 18.9 Å². The van der Waals surface area contributed by atoms with Gasteiger partial charge in [0.1, 0.15) is 6.61 Å². The number of ether oxygens (including phenoxy) is 3. The molecule has 0 bridgehead atoms. The average Bonchev–Trinajstić information content (AvgIpc) is 2.46. The monoisotopic (exact) mass is 303 g/mol. The van der Waals surface area contributed by atoms with Crippen molar-refractivity contribution >= 4 is 17.3 Å². The van der Waals surface area contributed by atoms with Crippen molar-refractivity contribution in [3.8, 4) is 11.5 Å². The van der Waals surface area contributed by atoms with Gasteiger partial charge in [-0.15, -0.1) is 11.6 Å². The van der Waals surface area contributed by atoms with E-state index in [4.69, 9.17) is 25.8 Å². The molecule has 1 aromatic rings. The number of nitro groups is 1. The predicted molar refractivity (Wildman–Crippen MR) is 75.8 cm³/mol. The van der Waals surface area contributed by atoms with Crippen LogP contribution < -0.4 is 9.47 Å². The Labute approximate surface area is 122 Å². The highest BCUT2D eigenvalue weighted by Gasteiger charge is 2.19. The van der Waals surface area contributed by atoms with Gasteiger partial charge in [-0.05, 0) is 12.5 Å². The summed E-state index contributed by atoms with van der Waals surface area (Å²) in [6, 6.07) is 2.85. The zero-order chi connectivity index (χ0) is 15.0. The van der Waals surface area contributed by atoms with Gasteiger partial charge in [0.05, 0.1) is 30.6 Å². The number of nitro benzene ring substituents is 1. The van der Waals surface area contributed by atoms with Crippen LogP contribution in [0.15, 0.2) is 12.1 Å². The first-order valence-corrected chi connectivity index (χ1v) is 6.79. The van der Waals surface area contributed by atoms with Crippen LogP contribution in [0.5, 0.6) is 11.5 Å². The van der Waals surface area contributed by atoms with Crippen molar-refractivity contribution in [2.24, 2.45) is 0 Å². The topological polar surface area (TPSA) is 70.8 Å². The highest BCUT2D eigenvalue weighted by molar-refractivity contribution is 6.17. The maximum Gasteiger partial charge on any atom is 0.277 e. The Morgan fingerprint density at radius 3 is 2.55 bits per heavy atom. The molecule has 6 nitrogen and oxygen atoms in total. The molecule has 0 heterocycles. The van der Waals surface area contributed by atoms with Gasteiger partial charge >= 0.3 is 0 Å². The Bertz CT molecular complexity index is 453. The van der Waals surface area contributed by atoms with E-state index in [-0.39, 0.29) is 11.6 Å². The molecular weight excluding hydrogens is 286 g/mol. The van der Waals surface area contributed by atoms with Crippen molar-refractivity contribution in [1.82, 2.24) is 0 Å². The summed E-state index contributed by atoms with van der Waals surface area (Å²) < 4.78 is 15.9. The predicted octanol–water partition coefficient (Wildman–Crippen LogP) is 3.15. The van der Waals surface area contributed by atoms with Crippen molar-refractivity contribution in [2.45, 2.75) is 19.2 Å². The zero-order valence-corrected chi connectivity index (χ0v) is 12.3. The molecule has 0 spiro atoms. The second-order valence-electron chi connectivity index (χ2n) is 3.98. The molecule has 0 aromatic heterocycles. The first-order chi connectivity index (χ1) is 9.63. The van der Waals surface area contributed by atoms with Gasteiger partial charge in [-0.25, -0.2) is 0 Å². The molecule has 0 radical (unpaired) electrons. The van der Waals surface area contributed by atoms with Gasteiger partial charge in [-0.3, -0.25) is 10.1 Å². The Balaban J connectivity index is 2.82. The van der Waals surface area contributed by atoms with Crippen LogP contribution in [-0.2, 0) is 10.6 Å². The van der Waals surface area contributed by atoms with Gasteiger partial charge in [-0.2, -0.15) is 0 Å². The SMILES string of the molecule is CCCOCCOc1cc([N+](=O)[O-])c(CCl)cc1OC. The molecule has 1 aromatic carbocycles. The summed E-state index contributed by atoms with van der Waals surface area (Å²) in [6.45, 7) is 3.39. The minimum absolute atomic E-state index is 0.0343. The molecule has 20 heavy (non-hydrogen) atoms. The lowest BCUT2D eigenvalue weighted by molar-refractivity contribution is -0.385. The summed E-state index contributed by atoms with van der Waals surface area (Å²) >= 11 is 5.70. The molecule has 0 amide bonds. The highest BCUT2D eigenvalue weighted by atomic mass is 35.5. The van der Waals surface area contributed by atoms with E-state index in [0.717, 1.165) is 6.42 Å². The van der Waals surface area contributed by atoms with Crippen LogP contribution in [0.2, 0.25) is 0 Å². The van der Waals surface area contributed by atoms with E-state index in [1.54, 1.807) is 0 Å². The molecule has 0 aliphatic rings. The van der Waals surface area contributed by atoms with Crippen molar-refractivity contribution < 1.29 is 19.1 Å². The fourth-order valence-corrected chi connectivity index (χ4v) is 1.81. The number of benzene rings is 1. The Hall–Kier alpha value is -1.53. The molecule has 0 aliphatic heterocycles. The number of halogens is 1. The van der Waals surface area contributed by atoms with Crippen LogP contribution in [0.4, 0.5) is 5.69 Å². The molecule has 0 saturated carbocycles. The minimum atomic E-state index is -0.488. The van der Waals surface area contributed by atoms with Gasteiger partial charge in [0.2, 0.25) is 0 Å². The van der Waals surface area contributed by atoms with Crippen LogP contribution in [0, 0.1) is 10.1 Å². The van der Waals surface area contributed by atoms with E-state index < -0.39 is 4.92 Å². The minimum Gasteiger partial charge on any atom is -0.493 e. The smallest absolute Gasteiger partial charge is 0.277 e. The van der Waals surface area contributed by atoms with Crippen LogP contribution in [0.3, 0.4) is 0 Å². The maximum atomic E-state index is 11.0. The molecule has 0 N–H and O–H groups in total. The summed E-state index contributed by atoms with van der Waals surface area (Å²) in [6.07, 6.45) is 0.930. The lowest BCUT2D eigenvalue weighted by atomic mass is 10.2. The fourth-order valence-electron chi connectivity index (χ4n) is 1.60. The van der Waals surface area contributed by atoms with E-state index in [1.807, 2.05) is 6.92 Å². The van der Waals surface area contributed by atoms with E-state index >= 15 is 0 Å². The molecule has 0 aliphatic carbocycles. The van der Waals surface area contributed by atoms with Crippen molar-refractivity contribution in [1.29, 1.82) is 0 Å². The van der Waals surface area contributed by atoms with Crippen molar-refractivity contribution in [3.63, 3.8) is 0 Å². The lowest BCUT2D eigenvalue weighted by Crippen LogP contribution is -2.08. The number of alkyl halides is 1. The number of hydrogen-bond acceptors (Lipinski definition) is 5.